The van der Waals surface area contributed by atoms with Gasteiger partial charge in [-0.25, -0.2) is 4.57 Å². The molecule has 3 unspecified atom stereocenters. The first-order chi connectivity index (χ1) is 39.4. The highest BCUT2D eigenvalue weighted by Gasteiger charge is 2.30. The Morgan fingerprint density at radius 2 is 0.753 bits per heavy atom. The topological polar surface area (TPSA) is 111 Å². The zero-order valence-electron chi connectivity index (χ0n) is 54.3. The van der Waals surface area contributed by atoms with E-state index in [1.54, 1.807) is 0 Å². The molecule has 0 aliphatic heterocycles. The average Bonchev–Trinajstić information content (AvgIpc) is 3.44. The van der Waals surface area contributed by atoms with Crippen molar-refractivity contribution < 1.29 is 37.3 Å². The summed E-state index contributed by atoms with van der Waals surface area (Å²) in [6.07, 6.45) is 77.9. The molecule has 0 bridgehead atoms. The monoisotopic (exact) mass is 1160 g/mol. The predicted molar refractivity (Wildman–Crippen MR) is 351 cm³/mol. The molecule has 0 heterocycles. The maximum Gasteiger partial charge on any atom is 0.472 e. The molecule has 0 saturated heterocycles. The largest absolute Gasteiger partial charge is 0.472 e. The fourth-order valence-electron chi connectivity index (χ4n) is 10.1. The van der Waals surface area contributed by atoms with E-state index in [1.165, 1.54) is 212 Å². The second-order valence-corrected chi connectivity index (χ2v) is 26.1. The maximum atomic E-state index is 13.6. The fraction of sp³-hybridized carbons (Fsp3) is 0.831. The second kappa shape index (κ2) is 60.8. The number of hydrogen-bond donors (Lipinski definition) is 2. The first kappa shape index (κ1) is 78.7. The van der Waals surface area contributed by atoms with E-state index in [1.807, 2.05) is 33.3 Å². The minimum absolute atomic E-state index is 0.0391. The minimum Gasteiger partial charge on any atom is -0.456 e. The van der Waals surface area contributed by atoms with Crippen LogP contribution < -0.4 is 5.32 Å². The van der Waals surface area contributed by atoms with Gasteiger partial charge in [-0.1, -0.05) is 281 Å². The van der Waals surface area contributed by atoms with Crippen LogP contribution in [0, 0.1) is 0 Å². The highest BCUT2D eigenvalue weighted by atomic mass is 31.2. The van der Waals surface area contributed by atoms with E-state index in [-0.39, 0.29) is 31.5 Å². The molecule has 0 radical (unpaired) electrons. The van der Waals surface area contributed by atoms with Crippen molar-refractivity contribution in [3.8, 4) is 0 Å². The summed E-state index contributed by atoms with van der Waals surface area (Å²) in [6, 6.07) is -0.852. The SMILES string of the molecule is CCCCC/C=C\C/C=C\C/C=C\CCCCCCCCCCCCCCC(=O)OC(/C=C\CCCCCCCCCCCCC)C(COP(=O)(O)OCC[N+](C)(C)C)NC(=O)CCCCCCCCC/C=C/CCCCCCCC. The van der Waals surface area contributed by atoms with E-state index in [0.29, 0.717) is 17.4 Å². The molecule has 0 aromatic carbocycles. The van der Waals surface area contributed by atoms with Crippen LogP contribution in [0.5, 0.6) is 0 Å². The Morgan fingerprint density at radius 1 is 0.432 bits per heavy atom. The number of nitrogens with zero attached hydrogens (tertiary/aromatic N) is 1. The molecule has 9 nitrogen and oxygen atoms in total. The van der Waals surface area contributed by atoms with E-state index in [0.717, 1.165) is 83.5 Å². The van der Waals surface area contributed by atoms with Gasteiger partial charge in [0.2, 0.25) is 5.91 Å². The molecule has 0 spiro atoms. The Morgan fingerprint density at radius 3 is 1.16 bits per heavy atom. The van der Waals surface area contributed by atoms with Crippen LogP contribution in [0.2, 0.25) is 0 Å². The van der Waals surface area contributed by atoms with Gasteiger partial charge < -0.3 is 19.4 Å². The molecular weight excluding hydrogens is 1020 g/mol. The molecule has 10 heteroatoms. The number of hydrogen-bond acceptors (Lipinski definition) is 6. The summed E-state index contributed by atoms with van der Waals surface area (Å²) in [7, 11) is 1.50. The Hall–Kier alpha value is -2.29. The quantitative estimate of drug-likeness (QED) is 0.0205. The molecule has 81 heavy (non-hydrogen) atoms. The van der Waals surface area contributed by atoms with Crippen LogP contribution >= 0.6 is 7.82 Å². The maximum absolute atomic E-state index is 13.6. The van der Waals surface area contributed by atoms with Crippen molar-refractivity contribution in [2.24, 2.45) is 0 Å². The highest BCUT2D eigenvalue weighted by Crippen LogP contribution is 2.43. The lowest BCUT2D eigenvalue weighted by Gasteiger charge is -2.27. The first-order valence-electron chi connectivity index (χ1n) is 34.6. The number of quaternary nitrogens is 1. The summed E-state index contributed by atoms with van der Waals surface area (Å²) in [4.78, 5) is 37.9. The van der Waals surface area contributed by atoms with E-state index in [4.69, 9.17) is 13.8 Å². The van der Waals surface area contributed by atoms with Gasteiger partial charge in [-0.15, -0.1) is 0 Å². The number of allylic oxidation sites excluding steroid dienone is 9. The summed E-state index contributed by atoms with van der Waals surface area (Å²) in [5, 5.41) is 3.07. The smallest absolute Gasteiger partial charge is 0.456 e. The second-order valence-electron chi connectivity index (χ2n) is 24.7. The summed E-state index contributed by atoms with van der Waals surface area (Å²) in [5.74, 6) is -0.501. The summed E-state index contributed by atoms with van der Waals surface area (Å²) >= 11 is 0. The number of esters is 1. The van der Waals surface area contributed by atoms with Crippen molar-refractivity contribution in [2.75, 3.05) is 40.9 Å². The van der Waals surface area contributed by atoms with Crippen LogP contribution in [0.1, 0.15) is 329 Å². The lowest BCUT2D eigenvalue weighted by atomic mass is 10.0. The number of phosphoric ester groups is 1. The van der Waals surface area contributed by atoms with Gasteiger partial charge in [0, 0.05) is 12.8 Å². The van der Waals surface area contributed by atoms with Gasteiger partial charge >= 0.3 is 13.8 Å². The molecule has 474 valence electrons. The zero-order valence-corrected chi connectivity index (χ0v) is 55.2. The molecule has 1 amide bonds. The molecule has 3 atom stereocenters. The Balaban J connectivity index is 5.12. The van der Waals surface area contributed by atoms with Crippen molar-refractivity contribution in [2.45, 2.75) is 341 Å². The number of ether oxygens (including phenoxy) is 1. The number of carbonyl (C=O) groups is 2. The fourth-order valence-corrected chi connectivity index (χ4v) is 10.8. The van der Waals surface area contributed by atoms with Gasteiger partial charge in [-0.2, -0.15) is 0 Å². The molecular formula is C71H134N2O7P+. The Bertz CT molecular complexity index is 1570. The lowest BCUT2D eigenvalue weighted by molar-refractivity contribution is -0.870. The van der Waals surface area contributed by atoms with Crippen LogP contribution in [-0.4, -0.2) is 74.3 Å². The van der Waals surface area contributed by atoms with Crippen LogP contribution in [0.4, 0.5) is 0 Å². The van der Waals surface area contributed by atoms with Crippen molar-refractivity contribution in [1.29, 1.82) is 0 Å². The number of phosphoric acid groups is 1. The third-order valence-corrected chi connectivity index (χ3v) is 16.4. The lowest BCUT2D eigenvalue weighted by Crippen LogP contribution is -2.47. The third-order valence-electron chi connectivity index (χ3n) is 15.4. The number of likely N-dealkylation sites (N-methyl/N-ethyl adjacent to an activating group) is 1. The molecule has 0 aliphatic carbocycles. The molecule has 0 saturated carbocycles. The summed E-state index contributed by atoms with van der Waals surface area (Å²) in [5.41, 5.74) is 0. The zero-order chi connectivity index (χ0) is 59.3. The average molecular weight is 1160 g/mol. The highest BCUT2D eigenvalue weighted by molar-refractivity contribution is 7.47. The molecule has 0 aliphatic rings. The van der Waals surface area contributed by atoms with Gasteiger partial charge in [0.05, 0.1) is 33.8 Å². The standard InChI is InChI=1S/C71H133N2O7P/c1-7-10-13-16-19-22-25-28-30-32-33-34-35-36-37-38-39-41-43-46-49-52-55-58-61-64-71(75)80-69(62-59-56-53-50-47-44-27-24-21-18-15-12-9-3)68(67-79-81(76,77)78-66-65-73(4,5)6)72-70(74)63-60-57-54-51-48-45-42-40-31-29-26-23-20-17-14-11-8-2/h19,22,28-31,33-34,59,62,68-69H,7-18,20-21,23-27,32,35-58,60-61,63-67H2,1-6H3,(H-,72,74,76,77)/p+1/b22-19-,30-28-,31-29+,34-33-,62-59-. The van der Waals surface area contributed by atoms with Gasteiger partial charge in [-0.3, -0.25) is 18.6 Å². The van der Waals surface area contributed by atoms with E-state index in [9.17, 15) is 19.0 Å². The number of nitrogens with one attached hydrogen (secondary N) is 1. The van der Waals surface area contributed by atoms with Crippen molar-refractivity contribution >= 4 is 19.7 Å². The van der Waals surface area contributed by atoms with Crippen molar-refractivity contribution in [3.05, 3.63) is 60.8 Å². The van der Waals surface area contributed by atoms with Crippen LogP contribution in [-0.2, 0) is 27.9 Å². The molecule has 2 N–H and O–H groups in total. The van der Waals surface area contributed by atoms with Gasteiger partial charge in [0.1, 0.15) is 19.3 Å². The van der Waals surface area contributed by atoms with Crippen molar-refractivity contribution in [3.63, 3.8) is 0 Å². The van der Waals surface area contributed by atoms with E-state index in [2.05, 4.69) is 74.7 Å². The van der Waals surface area contributed by atoms with Crippen LogP contribution in [0.15, 0.2) is 60.8 Å². The summed E-state index contributed by atoms with van der Waals surface area (Å²) in [6.45, 7) is 7.01. The van der Waals surface area contributed by atoms with Crippen molar-refractivity contribution in [1.82, 2.24) is 5.32 Å². The molecule has 0 aromatic rings. The van der Waals surface area contributed by atoms with Crippen LogP contribution in [0.25, 0.3) is 0 Å². The normalized spacial score (nSPS) is 13.9. The predicted octanol–water partition coefficient (Wildman–Crippen LogP) is 21.8. The third kappa shape index (κ3) is 62.1. The minimum atomic E-state index is -4.45. The van der Waals surface area contributed by atoms with Gasteiger partial charge in [0.25, 0.3) is 0 Å². The summed E-state index contributed by atoms with van der Waals surface area (Å²) < 4.78 is 30.8. The Labute approximate surface area is 502 Å². The van der Waals surface area contributed by atoms with Crippen LogP contribution in [0.3, 0.4) is 0 Å². The molecule has 0 rings (SSSR count). The van der Waals surface area contributed by atoms with Gasteiger partial charge in [0.15, 0.2) is 0 Å². The van der Waals surface area contributed by atoms with Gasteiger partial charge in [-0.05, 0) is 96.0 Å². The number of rotatable bonds is 63. The molecule has 0 fully saturated rings. The number of unbranched alkanes of at least 4 members (excludes halogenated alkanes) is 39. The van der Waals surface area contributed by atoms with E-state index < -0.39 is 20.0 Å². The first-order valence-corrected chi connectivity index (χ1v) is 36.1. The van der Waals surface area contributed by atoms with E-state index >= 15 is 0 Å². The molecule has 0 aromatic heterocycles. The number of amides is 1. The Kier molecular flexibility index (Phi) is 59.1. The number of carbonyl (C=O) groups excluding carboxylic acids is 2.